The molecule has 1 aromatic rings. The van der Waals surface area contributed by atoms with Crippen LogP contribution in [-0.4, -0.2) is 24.6 Å². The molecule has 0 aliphatic carbocycles. The molecule has 0 radical (unpaired) electrons. The minimum Gasteiger partial charge on any atom is -0.376 e. The quantitative estimate of drug-likeness (QED) is 0.328. The van der Waals surface area contributed by atoms with Gasteiger partial charge in [-0.05, 0) is 55.4 Å². The minimum absolute atomic E-state index is 0.150. The zero-order valence-electron chi connectivity index (χ0n) is 19.8. The second-order valence-electron chi connectivity index (χ2n) is 9.83. The van der Waals surface area contributed by atoms with Gasteiger partial charge in [-0.15, -0.1) is 0 Å². The number of Topliss-reactive ketones (excluding diaryl/α,β-unsaturated/α-hetero) is 1. The van der Waals surface area contributed by atoms with Gasteiger partial charge in [-0.2, -0.15) is 0 Å². The SMILES string of the molecule is CCCC1C[C@H](C)C[C@H](CC(=O)CCC[C@@H](C)C[C@@H](C)COCc2ccccc2)O1. The van der Waals surface area contributed by atoms with Crippen LogP contribution in [0.2, 0.25) is 0 Å². The van der Waals surface area contributed by atoms with Crippen LogP contribution in [0, 0.1) is 17.8 Å². The lowest BCUT2D eigenvalue weighted by molar-refractivity contribution is -0.127. The minimum atomic E-state index is 0.150. The first-order valence-electron chi connectivity index (χ1n) is 12.2. The molecular weight excluding hydrogens is 372 g/mol. The van der Waals surface area contributed by atoms with E-state index in [2.05, 4.69) is 52.0 Å². The van der Waals surface area contributed by atoms with E-state index < -0.39 is 0 Å². The van der Waals surface area contributed by atoms with E-state index >= 15 is 0 Å². The Morgan fingerprint density at radius 1 is 1.13 bits per heavy atom. The first kappa shape index (κ1) is 25.1. The van der Waals surface area contributed by atoms with Gasteiger partial charge in [0.05, 0.1) is 18.8 Å². The van der Waals surface area contributed by atoms with Crippen molar-refractivity contribution in [2.45, 2.75) is 104 Å². The summed E-state index contributed by atoms with van der Waals surface area (Å²) in [6, 6.07) is 10.3. The van der Waals surface area contributed by atoms with Crippen LogP contribution in [0.3, 0.4) is 0 Å². The van der Waals surface area contributed by atoms with Crippen molar-refractivity contribution in [3.8, 4) is 0 Å². The van der Waals surface area contributed by atoms with Crippen molar-refractivity contribution < 1.29 is 14.3 Å². The molecule has 1 aliphatic heterocycles. The van der Waals surface area contributed by atoms with E-state index in [-0.39, 0.29) is 6.10 Å². The van der Waals surface area contributed by atoms with Crippen LogP contribution in [0.25, 0.3) is 0 Å². The van der Waals surface area contributed by atoms with Gasteiger partial charge >= 0.3 is 0 Å². The van der Waals surface area contributed by atoms with E-state index in [1.807, 2.05) is 6.07 Å². The number of ether oxygens (including phenoxy) is 2. The molecule has 170 valence electrons. The molecule has 1 aliphatic rings. The summed E-state index contributed by atoms with van der Waals surface area (Å²) in [5, 5.41) is 0. The molecule has 5 atom stereocenters. The summed E-state index contributed by atoms with van der Waals surface area (Å²) in [6.07, 6.45) is 9.59. The number of ketones is 1. The van der Waals surface area contributed by atoms with Crippen LogP contribution < -0.4 is 0 Å². The Bertz CT molecular complexity index is 585. The molecule has 0 aromatic heterocycles. The molecule has 1 heterocycles. The lowest BCUT2D eigenvalue weighted by Gasteiger charge is -2.33. The zero-order chi connectivity index (χ0) is 21.8. The molecule has 0 N–H and O–H groups in total. The summed E-state index contributed by atoms with van der Waals surface area (Å²) in [5.41, 5.74) is 1.23. The molecule has 1 unspecified atom stereocenters. The zero-order valence-corrected chi connectivity index (χ0v) is 19.8. The van der Waals surface area contributed by atoms with Crippen LogP contribution in [0.5, 0.6) is 0 Å². The highest BCUT2D eigenvalue weighted by atomic mass is 16.5. The number of hydrogen-bond donors (Lipinski definition) is 0. The van der Waals surface area contributed by atoms with Gasteiger partial charge in [-0.1, -0.05) is 70.9 Å². The Labute approximate surface area is 184 Å². The van der Waals surface area contributed by atoms with E-state index in [4.69, 9.17) is 9.47 Å². The molecule has 2 rings (SSSR count). The van der Waals surface area contributed by atoms with Gasteiger partial charge in [-0.25, -0.2) is 0 Å². The summed E-state index contributed by atoms with van der Waals surface area (Å²) in [4.78, 5) is 12.5. The van der Waals surface area contributed by atoms with Gasteiger partial charge in [0.1, 0.15) is 5.78 Å². The van der Waals surface area contributed by atoms with E-state index in [0.717, 1.165) is 51.6 Å². The van der Waals surface area contributed by atoms with E-state index in [1.165, 1.54) is 5.56 Å². The van der Waals surface area contributed by atoms with Gasteiger partial charge in [0.15, 0.2) is 0 Å². The molecule has 0 bridgehead atoms. The standard InChI is InChI=1S/C27H44O3/c1-5-10-26-16-22(3)17-27(30-26)18-25(28)14-9-11-21(2)15-23(4)19-29-20-24-12-7-6-8-13-24/h6-8,12-13,21-23,26-27H,5,9-11,14-20H2,1-4H3/t21-,22+,23-,26?,27-/m1/s1. The van der Waals surface area contributed by atoms with Gasteiger partial charge in [0, 0.05) is 19.4 Å². The Morgan fingerprint density at radius 3 is 2.60 bits per heavy atom. The highest BCUT2D eigenvalue weighted by molar-refractivity contribution is 5.78. The fourth-order valence-corrected chi connectivity index (χ4v) is 4.85. The Balaban J connectivity index is 1.55. The monoisotopic (exact) mass is 416 g/mol. The van der Waals surface area contributed by atoms with Crippen molar-refractivity contribution in [2.24, 2.45) is 17.8 Å². The van der Waals surface area contributed by atoms with Gasteiger partial charge in [0.25, 0.3) is 0 Å². The highest BCUT2D eigenvalue weighted by Gasteiger charge is 2.27. The third-order valence-electron chi connectivity index (χ3n) is 6.25. The summed E-state index contributed by atoms with van der Waals surface area (Å²) in [6.45, 7) is 10.6. The second-order valence-corrected chi connectivity index (χ2v) is 9.83. The number of hydrogen-bond acceptors (Lipinski definition) is 3. The second kappa shape index (κ2) is 14.0. The number of carbonyl (C=O) groups excluding carboxylic acids is 1. The Kier molecular flexibility index (Phi) is 11.7. The van der Waals surface area contributed by atoms with Crippen molar-refractivity contribution in [2.75, 3.05) is 6.61 Å². The van der Waals surface area contributed by atoms with Gasteiger partial charge in [0.2, 0.25) is 0 Å². The number of rotatable bonds is 14. The fraction of sp³-hybridized carbons (Fsp3) is 0.741. The first-order chi connectivity index (χ1) is 14.5. The summed E-state index contributed by atoms with van der Waals surface area (Å²) in [5.74, 6) is 2.24. The molecule has 0 saturated carbocycles. The maximum atomic E-state index is 12.5. The van der Waals surface area contributed by atoms with E-state index in [9.17, 15) is 4.79 Å². The van der Waals surface area contributed by atoms with Crippen molar-refractivity contribution in [1.29, 1.82) is 0 Å². The normalized spacial score (nSPS) is 23.8. The predicted molar refractivity (Wildman–Crippen MR) is 124 cm³/mol. The third-order valence-corrected chi connectivity index (χ3v) is 6.25. The lowest BCUT2D eigenvalue weighted by atomic mass is 9.88. The molecule has 30 heavy (non-hydrogen) atoms. The molecule has 1 fully saturated rings. The molecule has 1 saturated heterocycles. The molecular formula is C27H44O3. The molecule has 1 aromatic carbocycles. The van der Waals surface area contributed by atoms with E-state index in [0.29, 0.717) is 49.1 Å². The van der Waals surface area contributed by atoms with Crippen molar-refractivity contribution in [1.82, 2.24) is 0 Å². The van der Waals surface area contributed by atoms with Crippen LogP contribution >= 0.6 is 0 Å². The smallest absolute Gasteiger partial charge is 0.135 e. The Hall–Kier alpha value is -1.19. The summed E-state index contributed by atoms with van der Waals surface area (Å²) >= 11 is 0. The van der Waals surface area contributed by atoms with Crippen LogP contribution in [0.1, 0.15) is 91.0 Å². The van der Waals surface area contributed by atoms with Crippen molar-refractivity contribution in [3.05, 3.63) is 35.9 Å². The third kappa shape index (κ3) is 10.2. The van der Waals surface area contributed by atoms with Crippen LogP contribution in [0.4, 0.5) is 0 Å². The van der Waals surface area contributed by atoms with Gasteiger partial charge < -0.3 is 9.47 Å². The topological polar surface area (TPSA) is 35.5 Å². The van der Waals surface area contributed by atoms with E-state index in [1.54, 1.807) is 0 Å². The Morgan fingerprint density at radius 2 is 1.87 bits per heavy atom. The predicted octanol–water partition coefficient (Wildman–Crippen LogP) is 6.98. The highest BCUT2D eigenvalue weighted by Crippen LogP contribution is 2.29. The van der Waals surface area contributed by atoms with Gasteiger partial charge in [-0.3, -0.25) is 4.79 Å². The average molecular weight is 417 g/mol. The number of benzene rings is 1. The maximum absolute atomic E-state index is 12.5. The van der Waals surface area contributed by atoms with Crippen molar-refractivity contribution in [3.63, 3.8) is 0 Å². The largest absolute Gasteiger partial charge is 0.376 e. The molecule has 3 heteroatoms. The molecule has 0 spiro atoms. The van der Waals surface area contributed by atoms with Crippen LogP contribution in [0.15, 0.2) is 30.3 Å². The summed E-state index contributed by atoms with van der Waals surface area (Å²) in [7, 11) is 0. The fourth-order valence-electron chi connectivity index (χ4n) is 4.85. The van der Waals surface area contributed by atoms with Crippen molar-refractivity contribution >= 4 is 5.78 Å². The average Bonchev–Trinajstić information content (AvgIpc) is 2.68. The number of carbonyl (C=O) groups is 1. The first-order valence-corrected chi connectivity index (χ1v) is 12.2. The summed E-state index contributed by atoms with van der Waals surface area (Å²) < 4.78 is 12.1. The maximum Gasteiger partial charge on any atom is 0.135 e. The molecule has 3 nitrogen and oxygen atoms in total. The molecule has 0 amide bonds. The van der Waals surface area contributed by atoms with Crippen LogP contribution in [-0.2, 0) is 20.9 Å². The lowest BCUT2D eigenvalue weighted by Crippen LogP contribution is -2.33.